The number of carbonyl (C=O) groups excluding carboxylic acids is 1. The molecule has 3 heteroatoms. The van der Waals surface area contributed by atoms with Gasteiger partial charge in [0.2, 0.25) is 0 Å². The third-order valence-corrected chi connectivity index (χ3v) is 2.98. The zero-order valence-corrected chi connectivity index (χ0v) is 11.7. The number of unbranched alkanes of at least 4 members (excludes halogenated alkanes) is 2. The molecule has 0 N–H and O–H groups in total. The van der Waals surface area contributed by atoms with Crippen LogP contribution in [0.4, 0.5) is 0 Å². The molecule has 0 amide bonds. The molecule has 0 saturated heterocycles. The van der Waals surface area contributed by atoms with Crippen molar-refractivity contribution >= 4 is 17.6 Å². The van der Waals surface area contributed by atoms with Crippen LogP contribution in [0.5, 0.6) is 0 Å². The molecule has 0 aliphatic heterocycles. The Morgan fingerprint density at radius 2 is 2.11 bits per heavy atom. The predicted octanol–water partition coefficient (Wildman–Crippen LogP) is 4.40. The number of hydrogen-bond acceptors (Lipinski definition) is 2. The fourth-order valence-electron chi connectivity index (χ4n) is 1.74. The number of rotatable bonds is 8. The Labute approximate surface area is 114 Å². The molecule has 0 aliphatic rings. The highest BCUT2D eigenvalue weighted by Crippen LogP contribution is 2.13. The standard InChI is InChI=1S/C15H21ClO2/c1-2-3-4-11-18-15(17)10-6-8-13-7-5-9-14(16)12-13/h5,7,9,12H,2-4,6,8,10-11H2,1H3. The van der Waals surface area contributed by atoms with E-state index in [1.165, 1.54) is 5.56 Å². The van der Waals surface area contributed by atoms with Crippen LogP contribution in [0.25, 0.3) is 0 Å². The summed E-state index contributed by atoms with van der Waals surface area (Å²) in [5.41, 5.74) is 1.17. The number of esters is 1. The largest absolute Gasteiger partial charge is 0.466 e. The summed E-state index contributed by atoms with van der Waals surface area (Å²) in [5.74, 6) is -0.0897. The van der Waals surface area contributed by atoms with E-state index in [1.54, 1.807) is 0 Å². The van der Waals surface area contributed by atoms with Gasteiger partial charge < -0.3 is 4.74 Å². The topological polar surface area (TPSA) is 26.3 Å². The van der Waals surface area contributed by atoms with Crippen LogP contribution >= 0.6 is 11.6 Å². The number of halogens is 1. The first-order valence-corrected chi connectivity index (χ1v) is 7.00. The molecule has 0 saturated carbocycles. The van der Waals surface area contributed by atoms with Crippen molar-refractivity contribution in [3.63, 3.8) is 0 Å². The van der Waals surface area contributed by atoms with Gasteiger partial charge in [-0.15, -0.1) is 0 Å². The van der Waals surface area contributed by atoms with Crippen molar-refractivity contribution in [3.05, 3.63) is 34.9 Å². The average Bonchev–Trinajstić information content (AvgIpc) is 2.35. The number of aryl methyl sites for hydroxylation is 1. The van der Waals surface area contributed by atoms with Crippen LogP contribution in [0.1, 0.15) is 44.6 Å². The maximum absolute atomic E-state index is 11.4. The van der Waals surface area contributed by atoms with E-state index < -0.39 is 0 Å². The van der Waals surface area contributed by atoms with Gasteiger partial charge in [-0.2, -0.15) is 0 Å². The van der Waals surface area contributed by atoms with E-state index in [0.29, 0.717) is 13.0 Å². The Morgan fingerprint density at radius 1 is 1.28 bits per heavy atom. The van der Waals surface area contributed by atoms with Crippen LogP contribution in [-0.2, 0) is 16.0 Å². The number of hydrogen-bond donors (Lipinski definition) is 0. The molecule has 0 fully saturated rings. The molecule has 0 heterocycles. The van der Waals surface area contributed by atoms with Gasteiger partial charge in [-0.3, -0.25) is 4.79 Å². The van der Waals surface area contributed by atoms with Crippen molar-refractivity contribution < 1.29 is 9.53 Å². The summed E-state index contributed by atoms with van der Waals surface area (Å²) in [4.78, 5) is 11.4. The quantitative estimate of drug-likeness (QED) is 0.516. The smallest absolute Gasteiger partial charge is 0.305 e. The van der Waals surface area contributed by atoms with Gasteiger partial charge in [-0.1, -0.05) is 43.5 Å². The molecule has 0 aliphatic carbocycles. The molecule has 1 aromatic rings. The highest BCUT2D eigenvalue weighted by atomic mass is 35.5. The first-order valence-electron chi connectivity index (χ1n) is 6.62. The lowest BCUT2D eigenvalue weighted by Crippen LogP contribution is -2.06. The minimum absolute atomic E-state index is 0.0897. The van der Waals surface area contributed by atoms with Gasteiger partial charge in [-0.25, -0.2) is 0 Å². The van der Waals surface area contributed by atoms with Crippen LogP contribution in [-0.4, -0.2) is 12.6 Å². The zero-order valence-electron chi connectivity index (χ0n) is 11.0. The lowest BCUT2D eigenvalue weighted by molar-refractivity contribution is -0.143. The van der Waals surface area contributed by atoms with Crippen LogP contribution < -0.4 is 0 Å². The Morgan fingerprint density at radius 3 is 2.83 bits per heavy atom. The molecule has 0 aromatic heterocycles. The Kier molecular flexibility index (Phi) is 7.51. The summed E-state index contributed by atoms with van der Waals surface area (Å²) < 4.78 is 5.14. The van der Waals surface area contributed by atoms with E-state index in [0.717, 1.165) is 37.1 Å². The van der Waals surface area contributed by atoms with E-state index >= 15 is 0 Å². The second kappa shape index (κ2) is 8.98. The summed E-state index contributed by atoms with van der Waals surface area (Å²) in [5, 5.41) is 0.745. The average molecular weight is 269 g/mol. The monoisotopic (exact) mass is 268 g/mol. The third kappa shape index (κ3) is 6.65. The normalized spacial score (nSPS) is 10.3. The Hall–Kier alpha value is -1.02. The molecule has 0 spiro atoms. The van der Waals surface area contributed by atoms with Crippen molar-refractivity contribution in [2.45, 2.75) is 45.4 Å². The van der Waals surface area contributed by atoms with Gasteiger partial charge >= 0.3 is 5.97 Å². The number of ether oxygens (including phenoxy) is 1. The SMILES string of the molecule is CCCCCOC(=O)CCCc1cccc(Cl)c1. The first kappa shape index (κ1) is 15.0. The maximum atomic E-state index is 11.4. The molecule has 0 bridgehead atoms. The van der Waals surface area contributed by atoms with Crippen molar-refractivity contribution in [1.29, 1.82) is 0 Å². The lowest BCUT2D eigenvalue weighted by atomic mass is 10.1. The molecular weight excluding hydrogens is 248 g/mol. The molecule has 2 nitrogen and oxygen atoms in total. The van der Waals surface area contributed by atoms with E-state index in [1.807, 2.05) is 24.3 Å². The summed E-state index contributed by atoms with van der Waals surface area (Å²) in [6.07, 6.45) is 5.40. The van der Waals surface area contributed by atoms with Crippen molar-refractivity contribution in [2.24, 2.45) is 0 Å². The zero-order chi connectivity index (χ0) is 13.2. The Balaban J connectivity index is 2.12. The van der Waals surface area contributed by atoms with Crippen molar-refractivity contribution in [3.8, 4) is 0 Å². The molecule has 1 aromatic carbocycles. The third-order valence-electron chi connectivity index (χ3n) is 2.75. The van der Waals surface area contributed by atoms with Gasteiger partial charge in [-0.05, 0) is 37.0 Å². The molecule has 100 valence electrons. The summed E-state index contributed by atoms with van der Waals surface area (Å²) >= 11 is 5.89. The van der Waals surface area contributed by atoms with Crippen molar-refractivity contribution in [2.75, 3.05) is 6.61 Å². The molecule has 0 radical (unpaired) electrons. The molecule has 0 atom stereocenters. The van der Waals surface area contributed by atoms with Crippen LogP contribution in [0.15, 0.2) is 24.3 Å². The van der Waals surface area contributed by atoms with Gasteiger partial charge in [0.05, 0.1) is 6.61 Å². The molecular formula is C15H21ClO2. The van der Waals surface area contributed by atoms with Gasteiger partial charge in [0, 0.05) is 11.4 Å². The van der Waals surface area contributed by atoms with Crippen LogP contribution in [0.2, 0.25) is 5.02 Å². The second-order valence-electron chi connectivity index (χ2n) is 4.41. The number of carbonyl (C=O) groups is 1. The fraction of sp³-hybridized carbons (Fsp3) is 0.533. The van der Waals surface area contributed by atoms with Crippen molar-refractivity contribution in [1.82, 2.24) is 0 Å². The maximum Gasteiger partial charge on any atom is 0.305 e. The highest BCUT2D eigenvalue weighted by molar-refractivity contribution is 6.30. The minimum Gasteiger partial charge on any atom is -0.466 e. The van der Waals surface area contributed by atoms with Crippen LogP contribution in [0, 0.1) is 0 Å². The van der Waals surface area contributed by atoms with Gasteiger partial charge in [0.1, 0.15) is 0 Å². The van der Waals surface area contributed by atoms with Gasteiger partial charge in [0.25, 0.3) is 0 Å². The summed E-state index contributed by atoms with van der Waals surface area (Å²) in [6.45, 7) is 2.69. The second-order valence-corrected chi connectivity index (χ2v) is 4.85. The van der Waals surface area contributed by atoms with E-state index in [-0.39, 0.29) is 5.97 Å². The van der Waals surface area contributed by atoms with E-state index in [9.17, 15) is 4.79 Å². The lowest BCUT2D eigenvalue weighted by Gasteiger charge is -2.04. The summed E-state index contributed by atoms with van der Waals surface area (Å²) in [7, 11) is 0. The number of benzene rings is 1. The summed E-state index contributed by atoms with van der Waals surface area (Å²) in [6, 6.07) is 7.75. The minimum atomic E-state index is -0.0897. The highest BCUT2D eigenvalue weighted by Gasteiger charge is 2.03. The van der Waals surface area contributed by atoms with Gasteiger partial charge in [0.15, 0.2) is 0 Å². The molecule has 18 heavy (non-hydrogen) atoms. The predicted molar refractivity (Wildman–Crippen MR) is 74.9 cm³/mol. The first-order chi connectivity index (χ1) is 8.72. The van der Waals surface area contributed by atoms with Crippen LogP contribution in [0.3, 0.4) is 0 Å². The Bertz CT molecular complexity index is 363. The molecule has 0 unspecified atom stereocenters. The van der Waals surface area contributed by atoms with E-state index in [4.69, 9.17) is 16.3 Å². The molecule has 1 rings (SSSR count). The van der Waals surface area contributed by atoms with E-state index in [2.05, 4.69) is 6.92 Å². The fourth-order valence-corrected chi connectivity index (χ4v) is 1.95.